The first-order valence-electron chi connectivity index (χ1n) is 5.91. The third kappa shape index (κ3) is 3.23. The van der Waals surface area contributed by atoms with E-state index >= 15 is 0 Å². The standard InChI is InChI=1S/C12H15Cl2NO3S/c1-15(6-8-2-3-8)19(17,18)12-4-9(7-16)10(13)5-11(12)14/h4-5,8,16H,2-3,6-7H2,1H3. The summed E-state index contributed by atoms with van der Waals surface area (Å²) in [4.78, 5) is -0.00855. The van der Waals surface area contributed by atoms with Gasteiger partial charge in [-0.25, -0.2) is 12.7 Å². The average Bonchev–Trinajstić information content (AvgIpc) is 3.12. The number of aliphatic hydroxyl groups is 1. The van der Waals surface area contributed by atoms with Crippen molar-refractivity contribution in [1.29, 1.82) is 0 Å². The molecule has 0 atom stereocenters. The van der Waals surface area contributed by atoms with Crippen molar-refractivity contribution in [2.45, 2.75) is 24.3 Å². The van der Waals surface area contributed by atoms with Crippen LogP contribution in [0, 0.1) is 5.92 Å². The maximum Gasteiger partial charge on any atom is 0.244 e. The fourth-order valence-electron chi connectivity index (χ4n) is 1.82. The van der Waals surface area contributed by atoms with E-state index in [1.54, 1.807) is 0 Å². The fourth-order valence-corrected chi connectivity index (χ4v) is 3.89. The Hall–Kier alpha value is -0.330. The Morgan fingerprint density at radius 1 is 1.32 bits per heavy atom. The van der Waals surface area contributed by atoms with Crippen molar-refractivity contribution in [1.82, 2.24) is 4.31 Å². The molecular formula is C12H15Cl2NO3S. The van der Waals surface area contributed by atoms with E-state index in [-0.39, 0.29) is 21.5 Å². The lowest BCUT2D eigenvalue weighted by Crippen LogP contribution is -2.29. The van der Waals surface area contributed by atoms with Gasteiger partial charge < -0.3 is 5.11 Å². The molecule has 1 aromatic rings. The van der Waals surface area contributed by atoms with E-state index in [4.69, 9.17) is 28.3 Å². The number of sulfonamides is 1. The molecule has 0 aromatic heterocycles. The van der Waals surface area contributed by atoms with Crippen molar-refractivity contribution >= 4 is 33.2 Å². The van der Waals surface area contributed by atoms with E-state index in [0.717, 1.165) is 12.8 Å². The molecule has 4 nitrogen and oxygen atoms in total. The lowest BCUT2D eigenvalue weighted by atomic mass is 10.2. The molecule has 0 heterocycles. The minimum absolute atomic E-state index is 0.00855. The molecule has 7 heteroatoms. The molecule has 0 amide bonds. The van der Waals surface area contributed by atoms with Crippen LogP contribution >= 0.6 is 23.2 Å². The first-order chi connectivity index (χ1) is 8.86. The van der Waals surface area contributed by atoms with E-state index in [9.17, 15) is 8.42 Å². The van der Waals surface area contributed by atoms with Gasteiger partial charge in [0.15, 0.2) is 0 Å². The summed E-state index contributed by atoms with van der Waals surface area (Å²) >= 11 is 11.8. The largest absolute Gasteiger partial charge is 0.392 e. The Bertz CT molecular complexity index is 585. The third-order valence-electron chi connectivity index (χ3n) is 3.17. The molecule has 1 saturated carbocycles. The quantitative estimate of drug-likeness (QED) is 0.905. The molecule has 19 heavy (non-hydrogen) atoms. The lowest BCUT2D eigenvalue weighted by Gasteiger charge is -2.18. The zero-order chi connectivity index (χ0) is 14.2. The predicted octanol–water partition coefficient (Wildman–Crippen LogP) is 2.52. The summed E-state index contributed by atoms with van der Waals surface area (Å²) < 4.78 is 26.1. The summed E-state index contributed by atoms with van der Waals surface area (Å²) in [5.74, 6) is 0.447. The number of nitrogens with zero attached hydrogens (tertiary/aromatic N) is 1. The molecule has 0 radical (unpaired) electrons. The van der Waals surface area contributed by atoms with Crippen LogP contribution < -0.4 is 0 Å². The number of benzene rings is 1. The highest BCUT2D eigenvalue weighted by atomic mass is 35.5. The van der Waals surface area contributed by atoms with Gasteiger partial charge >= 0.3 is 0 Å². The Balaban J connectivity index is 2.38. The van der Waals surface area contributed by atoms with Gasteiger partial charge in [-0.1, -0.05) is 23.2 Å². The monoisotopic (exact) mass is 323 g/mol. The van der Waals surface area contributed by atoms with Gasteiger partial charge in [0.25, 0.3) is 0 Å². The number of rotatable bonds is 5. The Morgan fingerprint density at radius 2 is 1.95 bits per heavy atom. The number of hydrogen-bond acceptors (Lipinski definition) is 3. The lowest BCUT2D eigenvalue weighted by molar-refractivity contribution is 0.281. The highest BCUT2D eigenvalue weighted by Gasteiger charge is 2.30. The molecule has 2 rings (SSSR count). The molecule has 1 aromatic carbocycles. The molecule has 1 aliphatic rings. The van der Waals surface area contributed by atoms with Crippen molar-refractivity contribution in [3.8, 4) is 0 Å². The first-order valence-corrected chi connectivity index (χ1v) is 8.11. The van der Waals surface area contributed by atoms with Crippen molar-refractivity contribution in [2.24, 2.45) is 5.92 Å². The topological polar surface area (TPSA) is 57.6 Å². The van der Waals surface area contributed by atoms with E-state index in [1.165, 1.54) is 23.5 Å². The van der Waals surface area contributed by atoms with Crippen LogP contribution in [0.15, 0.2) is 17.0 Å². The summed E-state index contributed by atoms with van der Waals surface area (Å²) in [7, 11) is -2.10. The normalized spacial score (nSPS) is 16.1. The van der Waals surface area contributed by atoms with Crippen LogP contribution in [0.1, 0.15) is 18.4 Å². The van der Waals surface area contributed by atoms with Crippen molar-refractivity contribution in [3.05, 3.63) is 27.7 Å². The van der Waals surface area contributed by atoms with Crippen molar-refractivity contribution in [2.75, 3.05) is 13.6 Å². The highest BCUT2D eigenvalue weighted by molar-refractivity contribution is 7.89. The minimum atomic E-state index is -3.64. The second kappa shape index (κ2) is 5.58. The van der Waals surface area contributed by atoms with Gasteiger partial charge in [0.1, 0.15) is 4.90 Å². The first kappa shape index (κ1) is 15.1. The molecule has 0 bridgehead atoms. The number of hydrogen-bond donors (Lipinski definition) is 1. The van der Waals surface area contributed by atoms with Gasteiger partial charge in [0.2, 0.25) is 10.0 Å². The van der Waals surface area contributed by atoms with Crippen molar-refractivity contribution in [3.63, 3.8) is 0 Å². The van der Waals surface area contributed by atoms with Crippen molar-refractivity contribution < 1.29 is 13.5 Å². The number of aliphatic hydroxyl groups excluding tert-OH is 1. The van der Waals surface area contributed by atoms with Gasteiger partial charge in [0, 0.05) is 18.6 Å². The molecule has 0 unspecified atom stereocenters. The van der Waals surface area contributed by atoms with Gasteiger partial charge in [0.05, 0.1) is 11.6 Å². The summed E-state index contributed by atoms with van der Waals surface area (Å²) in [6, 6.07) is 2.69. The zero-order valence-corrected chi connectivity index (χ0v) is 12.8. The minimum Gasteiger partial charge on any atom is -0.392 e. The van der Waals surface area contributed by atoms with Gasteiger partial charge in [-0.3, -0.25) is 0 Å². The van der Waals surface area contributed by atoms with Gasteiger partial charge in [-0.2, -0.15) is 0 Å². The number of halogens is 2. The molecule has 106 valence electrons. The van der Waals surface area contributed by atoms with Crippen LogP contribution in [0.2, 0.25) is 10.0 Å². The van der Waals surface area contributed by atoms with Gasteiger partial charge in [-0.15, -0.1) is 0 Å². The molecule has 1 fully saturated rings. The van der Waals surface area contributed by atoms with Crippen LogP contribution in [-0.4, -0.2) is 31.4 Å². The van der Waals surface area contributed by atoms with Crippen LogP contribution in [0.25, 0.3) is 0 Å². The summed E-state index contributed by atoms with van der Waals surface area (Å²) in [6.45, 7) is 0.167. The summed E-state index contributed by atoms with van der Waals surface area (Å²) in [5, 5.41) is 9.49. The molecule has 0 aliphatic heterocycles. The molecule has 1 aliphatic carbocycles. The fraction of sp³-hybridized carbons (Fsp3) is 0.500. The van der Waals surface area contributed by atoms with Crippen LogP contribution in [0.4, 0.5) is 0 Å². The second-order valence-corrected chi connectivity index (χ2v) is 7.59. The van der Waals surface area contributed by atoms with Crippen LogP contribution in [-0.2, 0) is 16.6 Å². The van der Waals surface area contributed by atoms with Crippen LogP contribution in [0.5, 0.6) is 0 Å². The van der Waals surface area contributed by atoms with Gasteiger partial charge in [-0.05, 0) is 36.5 Å². The van der Waals surface area contributed by atoms with E-state index in [0.29, 0.717) is 18.0 Å². The van der Waals surface area contributed by atoms with Crippen LogP contribution in [0.3, 0.4) is 0 Å². The third-order valence-corrected chi connectivity index (χ3v) is 5.81. The Morgan fingerprint density at radius 3 is 2.47 bits per heavy atom. The SMILES string of the molecule is CN(CC1CC1)S(=O)(=O)c1cc(CO)c(Cl)cc1Cl. The Kier molecular flexibility index (Phi) is 4.42. The van der Waals surface area contributed by atoms with E-state index in [2.05, 4.69) is 0 Å². The molecule has 0 spiro atoms. The molecule has 0 saturated heterocycles. The maximum atomic E-state index is 12.4. The van der Waals surface area contributed by atoms with E-state index in [1.807, 2.05) is 0 Å². The van der Waals surface area contributed by atoms with E-state index < -0.39 is 10.0 Å². The Labute approximate surface area is 123 Å². The summed E-state index contributed by atoms with van der Waals surface area (Å²) in [5.41, 5.74) is 0.351. The maximum absolute atomic E-state index is 12.4. The highest BCUT2D eigenvalue weighted by Crippen LogP contribution is 2.34. The molecular weight excluding hydrogens is 309 g/mol. The summed E-state index contributed by atoms with van der Waals surface area (Å²) in [6.07, 6.45) is 2.13. The molecule has 1 N–H and O–H groups in total. The average molecular weight is 324 g/mol. The smallest absolute Gasteiger partial charge is 0.244 e. The second-order valence-electron chi connectivity index (χ2n) is 4.76. The predicted molar refractivity (Wildman–Crippen MR) is 74.9 cm³/mol. The zero-order valence-electron chi connectivity index (χ0n) is 10.4.